The topological polar surface area (TPSA) is 63.3 Å². The van der Waals surface area contributed by atoms with Gasteiger partial charge in [0.25, 0.3) is 0 Å². The van der Waals surface area contributed by atoms with Gasteiger partial charge < -0.3 is 10.8 Å². The van der Waals surface area contributed by atoms with Gasteiger partial charge in [-0.15, -0.1) is 12.4 Å². The summed E-state index contributed by atoms with van der Waals surface area (Å²) in [7, 11) is 0. The van der Waals surface area contributed by atoms with Gasteiger partial charge >= 0.3 is 5.97 Å². The van der Waals surface area contributed by atoms with Crippen molar-refractivity contribution in [3.8, 4) is 0 Å². The van der Waals surface area contributed by atoms with E-state index in [1.54, 1.807) is 0 Å². The van der Waals surface area contributed by atoms with Gasteiger partial charge in [0.05, 0.1) is 0 Å². The van der Waals surface area contributed by atoms with Gasteiger partial charge in [-0.1, -0.05) is 51.9 Å². The molecule has 1 fully saturated rings. The summed E-state index contributed by atoms with van der Waals surface area (Å²) in [5.74, 6) is -0.279. The molecule has 4 heteroatoms. The average molecular weight is 264 g/mol. The highest BCUT2D eigenvalue weighted by Gasteiger charge is 2.35. The normalized spacial score (nSPS) is 20.4. The molecule has 0 aromatic carbocycles. The lowest BCUT2D eigenvalue weighted by atomic mass is 9.78. The third-order valence-electron chi connectivity index (χ3n) is 3.78. The molecular weight excluding hydrogens is 238 g/mol. The third-order valence-corrected chi connectivity index (χ3v) is 3.78. The number of hydrogen-bond acceptors (Lipinski definition) is 2. The van der Waals surface area contributed by atoms with Crippen LogP contribution in [-0.2, 0) is 4.79 Å². The first-order valence-electron chi connectivity index (χ1n) is 6.61. The molecule has 0 spiro atoms. The fraction of sp³-hybridized carbons (Fsp3) is 0.923. The monoisotopic (exact) mass is 263 g/mol. The molecule has 1 atom stereocenters. The highest BCUT2D eigenvalue weighted by molar-refractivity contribution is 5.85. The Labute approximate surface area is 111 Å². The van der Waals surface area contributed by atoms with Crippen molar-refractivity contribution in [1.82, 2.24) is 0 Å². The van der Waals surface area contributed by atoms with Gasteiger partial charge in [0.15, 0.2) is 0 Å². The summed E-state index contributed by atoms with van der Waals surface area (Å²) in [6.07, 6.45) is 9.33. The summed E-state index contributed by atoms with van der Waals surface area (Å²) < 4.78 is 0. The molecule has 0 aromatic heterocycles. The van der Waals surface area contributed by atoms with Gasteiger partial charge in [0, 0.05) is 0 Å². The minimum Gasteiger partial charge on any atom is -0.480 e. The average Bonchev–Trinajstić information content (AvgIpc) is 2.27. The summed E-state index contributed by atoms with van der Waals surface area (Å²) >= 11 is 0. The second kappa shape index (κ2) is 7.93. The molecule has 0 unspecified atom stereocenters. The van der Waals surface area contributed by atoms with Crippen molar-refractivity contribution in [2.45, 2.75) is 70.3 Å². The molecule has 0 radical (unpaired) electrons. The lowest BCUT2D eigenvalue weighted by Gasteiger charge is -2.31. The van der Waals surface area contributed by atoms with Gasteiger partial charge in [0.2, 0.25) is 0 Å². The van der Waals surface area contributed by atoms with Crippen molar-refractivity contribution in [1.29, 1.82) is 0 Å². The fourth-order valence-electron chi connectivity index (χ4n) is 2.69. The molecule has 3 nitrogen and oxygen atoms in total. The first-order valence-corrected chi connectivity index (χ1v) is 6.61. The molecule has 0 aromatic rings. The van der Waals surface area contributed by atoms with Crippen LogP contribution in [0.25, 0.3) is 0 Å². The molecule has 1 aliphatic carbocycles. The van der Waals surface area contributed by atoms with E-state index in [2.05, 4.69) is 6.92 Å². The Morgan fingerprint density at radius 3 is 2.41 bits per heavy atom. The van der Waals surface area contributed by atoms with Crippen molar-refractivity contribution in [2.24, 2.45) is 11.7 Å². The largest absolute Gasteiger partial charge is 0.480 e. The van der Waals surface area contributed by atoms with Crippen LogP contribution < -0.4 is 5.73 Å². The smallest absolute Gasteiger partial charge is 0.323 e. The van der Waals surface area contributed by atoms with Crippen LogP contribution >= 0.6 is 12.4 Å². The first-order chi connectivity index (χ1) is 7.58. The SMILES string of the molecule is CCCC[C@](N)(CC1CCCCC1)C(=O)O.Cl. The van der Waals surface area contributed by atoms with Crippen LogP contribution in [0.15, 0.2) is 0 Å². The van der Waals surface area contributed by atoms with E-state index in [0.29, 0.717) is 18.8 Å². The number of nitrogens with two attached hydrogens (primary N) is 1. The Bertz CT molecular complexity index is 229. The van der Waals surface area contributed by atoms with E-state index >= 15 is 0 Å². The number of aliphatic carboxylic acids is 1. The van der Waals surface area contributed by atoms with E-state index in [1.165, 1.54) is 32.1 Å². The molecule has 102 valence electrons. The molecule has 3 N–H and O–H groups in total. The lowest BCUT2D eigenvalue weighted by Crippen LogP contribution is -2.49. The molecule has 0 saturated heterocycles. The van der Waals surface area contributed by atoms with Crippen LogP contribution in [0.2, 0.25) is 0 Å². The first kappa shape index (κ1) is 16.7. The lowest BCUT2D eigenvalue weighted by molar-refractivity contribution is -0.144. The number of carboxylic acid groups (broad SMARTS) is 1. The number of hydrogen-bond donors (Lipinski definition) is 2. The molecule has 17 heavy (non-hydrogen) atoms. The predicted octanol–water partition coefficient (Wildman–Crippen LogP) is 3.35. The van der Waals surface area contributed by atoms with Crippen LogP contribution in [0.5, 0.6) is 0 Å². The van der Waals surface area contributed by atoms with Crippen LogP contribution in [0, 0.1) is 5.92 Å². The summed E-state index contributed by atoms with van der Waals surface area (Å²) in [6, 6.07) is 0. The fourth-order valence-corrected chi connectivity index (χ4v) is 2.69. The van der Waals surface area contributed by atoms with Gasteiger partial charge in [0.1, 0.15) is 5.54 Å². The van der Waals surface area contributed by atoms with Crippen molar-refractivity contribution >= 4 is 18.4 Å². The van der Waals surface area contributed by atoms with Crippen molar-refractivity contribution < 1.29 is 9.90 Å². The molecule has 0 amide bonds. The minimum atomic E-state index is -0.974. The van der Waals surface area contributed by atoms with E-state index in [0.717, 1.165) is 12.8 Å². The van der Waals surface area contributed by atoms with E-state index in [1.807, 2.05) is 0 Å². The molecule has 0 heterocycles. The third kappa shape index (κ3) is 5.26. The predicted molar refractivity (Wildman–Crippen MR) is 72.5 cm³/mol. The maximum atomic E-state index is 11.3. The summed E-state index contributed by atoms with van der Waals surface area (Å²) in [5.41, 5.74) is 5.08. The van der Waals surface area contributed by atoms with Gasteiger partial charge in [-0.05, 0) is 18.8 Å². The van der Waals surface area contributed by atoms with E-state index in [-0.39, 0.29) is 12.4 Å². The molecule has 1 rings (SSSR count). The number of unbranched alkanes of at least 4 members (excludes halogenated alkanes) is 1. The summed E-state index contributed by atoms with van der Waals surface area (Å²) in [4.78, 5) is 11.3. The summed E-state index contributed by atoms with van der Waals surface area (Å²) in [6.45, 7) is 2.07. The van der Waals surface area contributed by atoms with Gasteiger partial charge in [-0.3, -0.25) is 4.79 Å². The Balaban J connectivity index is 0.00000256. The standard InChI is InChI=1S/C13H25NO2.ClH/c1-2-3-9-13(14,12(15)16)10-11-7-5-4-6-8-11;/h11H,2-10,14H2,1H3,(H,15,16);1H/t13-;/m0./s1. The van der Waals surface area contributed by atoms with Gasteiger partial charge in [-0.2, -0.15) is 0 Å². The van der Waals surface area contributed by atoms with E-state index in [4.69, 9.17) is 5.73 Å². The molecular formula is C13H26ClNO2. The minimum absolute atomic E-state index is 0. The van der Waals surface area contributed by atoms with Crippen LogP contribution in [-0.4, -0.2) is 16.6 Å². The number of rotatable bonds is 6. The molecule has 0 aliphatic heterocycles. The summed E-state index contributed by atoms with van der Waals surface area (Å²) in [5, 5.41) is 9.26. The van der Waals surface area contributed by atoms with Crippen LogP contribution in [0.1, 0.15) is 64.7 Å². The van der Waals surface area contributed by atoms with Crippen molar-refractivity contribution in [3.05, 3.63) is 0 Å². The van der Waals surface area contributed by atoms with Crippen LogP contribution in [0.4, 0.5) is 0 Å². The van der Waals surface area contributed by atoms with Crippen LogP contribution in [0.3, 0.4) is 0 Å². The highest BCUT2D eigenvalue weighted by Crippen LogP contribution is 2.31. The second-order valence-corrected chi connectivity index (χ2v) is 5.27. The molecule has 1 saturated carbocycles. The van der Waals surface area contributed by atoms with Gasteiger partial charge in [-0.25, -0.2) is 0 Å². The second-order valence-electron chi connectivity index (χ2n) is 5.27. The Kier molecular flexibility index (Phi) is 7.80. The zero-order valence-electron chi connectivity index (χ0n) is 10.8. The Morgan fingerprint density at radius 2 is 1.94 bits per heavy atom. The quantitative estimate of drug-likeness (QED) is 0.772. The zero-order chi connectivity index (χ0) is 12.0. The van der Waals surface area contributed by atoms with E-state index < -0.39 is 11.5 Å². The highest BCUT2D eigenvalue weighted by atomic mass is 35.5. The molecule has 0 bridgehead atoms. The number of carbonyl (C=O) groups is 1. The molecule has 1 aliphatic rings. The maximum Gasteiger partial charge on any atom is 0.323 e. The number of carboxylic acids is 1. The van der Waals surface area contributed by atoms with Crippen molar-refractivity contribution in [2.75, 3.05) is 0 Å². The Morgan fingerprint density at radius 1 is 1.35 bits per heavy atom. The van der Waals surface area contributed by atoms with Crippen molar-refractivity contribution in [3.63, 3.8) is 0 Å². The maximum absolute atomic E-state index is 11.3. The zero-order valence-corrected chi connectivity index (χ0v) is 11.6. The van der Waals surface area contributed by atoms with E-state index in [9.17, 15) is 9.90 Å². The Hall–Kier alpha value is -0.280. The number of halogens is 1.